The van der Waals surface area contributed by atoms with Gasteiger partial charge in [-0.25, -0.2) is 4.79 Å². The van der Waals surface area contributed by atoms with Crippen molar-refractivity contribution in [2.75, 3.05) is 32.8 Å². The molecule has 0 unspecified atom stereocenters. The number of Topliss-reactive ketones (excluding diaryl/α,β-unsaturated/α-hetero) is 1. The van der Waals surface area contributed by atoms with Crippen molar-refractivity contribution >= 4 is 11.8 Å². The van der Waals surface area contributed by atoms with Crippen LogP contribution in [0.25, 0.3) is 0 Å². The molecule has 0 atom stereocenters. The van der Waals surface area contributed by atoms with Gasteiger partial charge >= 0.3 is 6.03 Å². The zero-order valence-electron chi connectivity index (χ0n) is 13.8. The molecule has 1 aliphatic rings. The number of nitrogens with zero attached hydrogens (tertiary/aromatic N) is 1. The molecule has 1 fully saturated rings. The van der Waals surface area contributed by atoms with Crippen LogP contribution < -0.4 is 5.32 Å². The summed E-state index contributed by atoms with van der Waals surface area (Å²) in [5.74, 6) is 0.224. The van der Waals surface area contributed by atoms with Gasteiger partial charge in [-0.3, -0.25) is 4.79 Å². The largest absolute Gasteiger partial charge is 0.382 e. The van der Waals surface area contributed by atoms with Gasteiger partial charge < -0.3 is 15.0 Å². The molecule has 2 rings (SSSR count). The number of piperidine rings is 1. The third kappa shape index (κ3) is 5.36. The molecule has 23 heavy (non-hydrogen) atoms. The summed E-state index contributed by atoms with van der Waals surface area (Å²) >= 11 is 0. The maximum atomic E-state index is 12.4. The highest BCUT2D eigenvalue weighted by molar-refractivity contribution is 5.97. The molecule has 1 aliphatic heterocycles. The van der Waals surface area contributed by atoms with Crippen LogP contribution in [-0.2, 0) is 4.74 Å². The summed E-state index contributed by atoms with van der Waals surface area (Å²) in [6, 6.07) is 9.37. The van der Waals surface area contributed by atoms with Crippen molar-refractivity contribution in [2.45, 2.75) is 26.2 Å². The van der Waals surface area contributed by atoms with E-state index in [1.54, 1.807) is 4.90 Å². The van der Waals surface area contributed by atoms with E-state index in [0.29, 0.717) is 32.8 Å². The molecule has 1 N–H and O–H groups in total. The normalized spacial score (nSPS) is 15.4. The number of carbonyl (C=O) groups is 2. The summed E-state index contributed by atoms with van der Waals surface area (Å²) in [7, 11) is 0. The predicted octanol–water partition coefficient (Wildman–Crippen LogP) is 2.72. The molecule has 1 aromatic rings. The third-order valence-electron chi connectivity index (χ3n) is 4.16. The average molecular weight is 318 g/mol. The second-order valence-corrected chi connectivity index (χ2v) is 5.77. The lowest BCUT2D eigenvalue weighted by Gasteiger charge is -2.31. The number of rotatable bonds is 7. The van der Waals surface area contributed by atoms with Crippen LogP contribution in [0, 0.1) is 5.92 Å². The van der Waals surface area contributed by atoms with E-state index in [9.17, 15) is 9.59 Å². The number of benzene rings is 1. The second kappa shape index (κ2) is 9.30. The van der Waals surface area contributed by atoms with E-state index in [2.05, 4.69) is 5.32 Å². The lowest BCUT2D eigenvalue weighted by molar-refractivity contribution is 0.0854. The number of amides is 2. The minimum Gasteiger partial charge on any atom is -0.382 e. The highest BCUT2D eigenvalue weighted by Crippen LogP contribution is 2.21. The van der Waals surface area contributed by atoms with Crippen molar-refractivity contribution in [3.05, 3.63) is 35.9 Å². The van der Waals surface area contributed by atoms with Crippen molar-refractivity contribution in [1.29, 1.82) is 0 Å². The molecule has 126 valence electrons. The van der Waals surface area contributed by atoms with Crippen LogP contribution in [-0.4, -0.2) is 49.6 Å². The van der Waals surface area contributed by atoms with E-state index < -0.39 is 0 Å². The molecular formula is C18H26N2O3. The number of ketones is 1. The maximum absolute atomic E-state index is 12.4. The van der Waals surface area contributed by atoms with Crippen molar-refractivity contribution in [3.8, 4) is 0 Å². The van der Waals surface area contributed by atoms with Gasteiger partial charge in [-0.05, 0) is 26.2 Å². The van der Waals surface area contributed by atoms with Crippen molar-refractivity contribution in [1.82, 2.24) is 10.2 Å². The number of hydrogen-bond donors (Lipinski definition) is 1. The SMILES string of the molecule is CCOCCCNC(=O)N1CCC(C(=O)c2ccccc2)CC1. The number of hydrogen-bond acceptors (Lipinski definition) is 3. The van der Waals surface area contributed by atoms with Crippen LogP contribution in [0.15, 0.2) is 30.3 Å². The minimum absolute atomic E-state index is 0.0272. The van der Waals surface area contributed by atoms with Crippen LogP contribution in [0.3, 0.4) is 0 Å². The molecule has 1 saturated heterocycles. The molecule has 0 aromatic heterocycles. The molecule has 5 nitrogen and oxygen atoms in total. The maximum Gasteiger partial charge on any atom is 0.317 e. The summed E-state index contributed by atoms with van der Waals surface area (Å²) < 4.78 is 5.24. The van der Waals surface area contributed by atoms with E-state index in [-0.39, 0.29) is 17.7 Å². The molecular weight excluding hydrogens is 292 g/mol. The fraction of sp³-hybridized carbons (Fsp3) is 0.556. The van der Waals surface area contributed by atoms with Gasteiger partial charge in [0.05, 0.1) is 0 Å². The molecule has 1 aromatic carbocycles. The monoisotopic (exact) mass is 318 g/mol. The zero-order valence-corrected chi connectivity index (χ0v) is 13.8. The first-order chi connectivity index (χ1) is 11.2. The molecule has 5 heteroatoms. The van der Waals surface area contributed by atoms with Crippen LogP contribution >= 0.6 is 0 Å². The number of urea groups is 1. The van der Waals surface area contributed by atoms with Crippen LogP contribution in [0.5, 0.6) is 0 Å². The van der Waals surface area contributed by atoms with Gasteiger partial charge in [0.2, 0.25) is 0 Å². The first-order valence-corrected chi connectivity index (χ1v) is 8.42. The molecule has 0 bridgehead atoms. The smallest absolute Gasteiger partial charge is 0.317 e. The number of carbonyl (C=O) groups excluding carboxylic acids is 2. The summed E-state index contributed by atoms with van der Waals surface area (Å²) in [5, 5.41) is 2.91. The zero-order chi connectivity index (χ0) is 16.5. The lowest BCUT2D eigenvalue weighted by Crippen LogP contribution is -2.45. The Morgan fingerprint density at radius 3 is 2.57 bits per heavy atom. The average Bonchev–Trinajstić information content (AvgIpc) is 2.61. The second-order valence-electron chi connectivity index (χ2n) is 5.77. The Labute approximate surface area is 138 Å². The van der Waals surface area contributed by atoms with E-state index in [0.717, 1.165) is 24.8 Å². The van der Waals surface area contributed by atoms with Crippen molar-refractivity contribution < 1.29 is 14.3 Å². The summed E-state index contributed by atoms with van der Waals surface area (Å²) in [6.07, 6.45) is 2.29. The Morgan fingerprint density at radius 2 is 1.91 bits per heavy atom. The number of nitrogens with one attached hydrogen (secondary N) is 1. The minimum atomic E-state index is -0.0351. The molecule has 0 spiro atoms. The summed E-state index contributed by atoms with van der Waals surface area (Å²) in [4.78, 5) is 26.3. The van der Waals surface area contributed by atoms with Crippen molar-refractivity contribution in [2.24, 2.45) is 5.92 Å². The fourth-order valence-electron chi connectivity index (χ4n) is 2.81. The topological polar surface area (TPSA) is 58.6 Å². The van der Waals surface area contributed by atoms with Gasteiger partial charge in [-0.15, -0.1) is 0 Å². The van der Waals surface area contributed by atoms with Gasteiger partial charge in [-0.2, -0.15) is 0 Å². The van der Waals surface area contributed by atoms with Gasteiger partial charge in [0.25, 0.3) is 0 Å². The molecule has 0 radical (unpaired) electrons. The third-order valence-corrected chi connectivity index (χ3v) is 4.16. The van der Waals surface area contributed by atoms with E-state index in [4.69, 9.17) is 4.74 Å². The first kappa shape index (κ1) is 17.5. The standard InChI is InChI=1S/C18H26N2O3/c1-2-23-14-6-11-19-18(22)20-12-9-16(10-13-20)17(21)15-7-4-3-5-8-15/h3-5,7-8,16H,2,6,9-14H2,1H3,(H,19,22). The van der Waals surface area contributed by atoms with Gasteiger partial charge in [0.1, 0.15) is 0 Å². The first-order valence-electron chi connectivity index (χ1n) is 8.42. The van der Waals surface area contributed by atoms with E-state index >= 15 is 0 Å². The summed E-state index contributed by atoms with van der Waals surface area (Å²) in [6.45, 7) is 5.24. The Hall–Kier alpha value is -1.88. The molecule has 0 aliphatic carbocycles. The quantitative estimate of drug-likeness (QED) is 0.621. The molecule has 1 heterocycles. The van der Waals surface area contributed by atoms with Crippen LogP contribution in [0.1, 0.15) is 36.5 Å². The Kier molecular flexibility index (Phi) is 7.07. The van der Waals surface area contributed by atoms with Crippen LogP contribution in [0.4, 0.5) is 4.79 Å². The fourth-order valence-corrected chi connectivity index (χ4v) is 2.81. The van der Waals surface area contributed by atoms with E-state index in [1.165, 1.54) is 0 Å². The predicted molar refractivity (Wildman–Crippen MR) is 89.6 cm³/mol. The van der Waals surface area contributed by atoms with Crippen molar-refractivity contribution in [3.63, 3.8) is 0 Å². The summed E-state index contributed by atoms with van der Waals surface area (Å²) in [5.41, 5.74) is 0.770. The molecule has 0 saturated carbocycles. The van der Waals surface area contributed by atoms with Gasteiger partial charge in [-0.1, -0.05) is 30.3 Å². The highest BCUT2D eigenvalue weighted by atomic mass is 16.5. The number of ether oxygens (including phenoxy) is 1. The Balaban J connectivity index is 1.71. The van der Waals surface area contributed by atoms with Gasteiger partial charge in [0, 0.05) is 44.3 Å². The Bertz CT molecular complexity index is 496. The van der Waals surface area contributed by atoms with E-state index in [1.807, 2.05) is 37.3 Å². The van der Waals surface area contributed by atoms with Gasteiger partial charge in [0.15, 0.2) is 5.78 Å². The molecule has 2 amide bonds. The highest BCUT2D eigenvalue weighted by Gasteiger charge is 2.27. The van der Waals surface area contributed by atoms with Crippen LogP contribution in [0.2, 0.25) is 0 Å². The number of likely N-dealkylation sites (tertiary alicyclic amines) is 1. The Morgan fingerprint density at radius 1 is 1.22 bits per heavy atom. The lowest BCUT2D eigenvalue weighted by atomic mass is 9.89.